The van der Waals surface area contributed by atoms with Crippen molar-refractivity contribution in [2.75, 3.05) is 44.3 Å². The number of hydrogen-bond acceptors (Lipinski definition) is 17. The summed E-state index contributed by atoms with van der Waals surface area (Å²) in [7, 11) is -9.27. The third-order valence-electron chi connectivity index (χ3n) is 12.8. The SMILES string of the molecule is CCN(CC)c1ccc2cc(C=Cc3ccc(S(=O)(=O)[O-])c[n+]3CCCCCC(=O)NCCOCCn3cc(CNC(=O)c4cccc(S(=O)(=O)n5cc(C(=O)NCCCCCCC(=O)OC(C)(C)C)ccc5=O)c4)nn3)c(=O)oc2c1. The number of rotatable bonds is 31. The van der Waals surface area contributed by atoms with Crippen LogP contribution in [0.25, 0.3) is 23.1 Å². The highest BCUT2D eigenvalue weighted by atomic mass is 32.2. The molecule has 0 saturated heterocycles. The maximum Gasteiger partial charge on any atom is 0.343 e. The molecule has 6 rings (SSSR count). The number of unbranched alkanes of at least 4 members (excludes halogenated alkanes) is 5. The van der Waals surface area contributed by atoms with Crippen molar-refractivity contribution in [3.63, 3.8) is 0 Å². The number of aryl methyl sites for hydroxylation is 1. The number of benzene rings is 2. The van der Waals surface area contributed by atoms with E-state index in [4.69, 9.17) is 13.9 Å². The molecule has 0 fully saturated rings. The largest absolute Gasteiger partial charge is 0.744 e. The molecule has 0 aliphatic carbocycles. The highest BCUT2D eigenvalue weighted by Crippen LogP contribution is 2.23. The van der Waals surface area contributed by atoms with Crippen molar-refractivity contribution in [3.05, 3.63) is 140 Å². The molecule has 23 nitrogen and oxygen atoms in total. The van der Waals surface area contributed by atoms with Gasteiger partial charge in [-0.15, -0.1) is 5.10 Å². The molecule has 0 unspecified atom stereocenters. The third-order valence-corrected chi connectivity index (χ3v) is 15.3. The Labute approximate surface area is 476 Å². The van der Waals surface area contributed by atoms with E-state index in [9.17, 15) is 50.2 Å². The molecule has 0 radical (unpaired) electrons. The van der Waals surface area contributed by atoms with Gasteiger partial charge in [-0.05, 0) is 115 Å². The van der Waals surface area contributed by atoms with Crippen molar-refractivity contribution >= 4 is 72.6 Å². The predicted molar refractivity (Wildman–Crippen MR) is 304 cm³/mol. The number of esters is 1. The van der Waals surface area contributed by atoms with Gasteiger partial charge in [0.2, 0.25) is 11.6 Å². The number of pyridine rings is 2. The molecular weight excluding hydrogens is 1100 g/mol. The first-order chi connectivity index (χ1) is 39.0. The van der Waals surface area contributed by atoms with E-state index in [2.05, 4.69) is 31.2 Å². The smallest absolute Gasteiger partial charge is 0.343 e. The van der Waals surface area contributed by atoms with Crippen LogP contribution in [0.15, 0.2) is 115 Å². The number of carbonyl (C=O) groups excluding carboxylic acids is 4. The van der Waals surface area contributed by atoms with Gasteiger partial charge in [-0.1, -0.05) is 24.1 Å². The van der Waals surface area contributed by atoms with Crippen LogP contribution < -0.4 is 36.6 Å². The third kappa shape index (κ3) is 19.1. The first kappa shape index (κ1) is 63.3. The lowest BCUT2D eigenvalue weighted by molar-refractivity contribution is -0.700. The monoisotopic (exact) mass is 1170 g/mol. The Morgan fingerprint density at radius 2 is 1.51 bits per heavy atom. The van der Waals surface area contributed by atoms with Gasteiger partial charge in [-0.25, -0.2) is 30.3 Å². The topological polar surface area (TPSA) is 304 Å². The summed E-state index contributed by atoms with van der Waals surface area (Å²) < 4.78 is 83.1. The molecule has 3 amide bonds. The maximum atomic E-state index is 13.7. The Bertz CT molecular complexity index is 3590. The van der Waals surface area contributed by atoms with Crippen molar-refractivity contribution in [1.29, 1.82) is 0 Å². The van der Waals surface area contributed by atoms with Crippen LogP contribution in [0.2, 0.25) is 0 Å². The van der Waals surface area contributed by atoms with Crippen molar-refractivity contribution in [2.45, 2.75) is 127 Å². The standard InChI is InChI=1S/C57H71N9O14S2/c1-6-63(7-2)47-24-20-41-34-43(56(72)79-50(41)36-47)21-23-46-25-26-49(82(75,76)77)40-64(46)30-14-10-11-18-51(67)58-29-32-78-33-31-65-39-45(61-62-65)37-60-54(70)42-16-15-17-48(35-42)81(73,74)66-38-44(22-27-52(66)68)55(71)59-28-13-9-8-12-19-53(69)80-57(3,4)5/h15-17,20-27,34-36,38-40H,6-14,18-19,28-33,37H2,1-5H3,(H3-,58,59,60,67,70,71,75,76,77). The van der Waals surface area contributed by atoms with Gasteiger partial charge in [0, 0.05) is 92.6 Å². The fraction of sp³-hybridized carbons (Fsp3) is 0.421. The summed E-state index contributed by atoms with van der Waals surface area (Å²) in [5.74, 6) is -1.64. The minimum Gasteiger partial charge on any atom is -0.744 e. The lowest BCUT2D eigenvalue weighted by Crippen LogP contribution is -2.37. The van der Waals surface area contributed by atoms with E-state index in [0.29, 0.717) is 84.7 Å². The molecule has 440 valence electrons. The minimum atomic E-state index is -4.74. The number of nitrogens with zero attached hydrogens (tertiary/aromatic N) is 6. The van der Waals surface area contributed by atoms with E-state index in [0.717, 1.165) is 55.3 Å². The Hall–Kier alpha value is -7.87. The normalized spacial score (nSPS) is 11.9. The molecule has 4 aromatic heterocycles. The van der Waals surface area contributed by atoms with Crippen LogP contribution in [-0.2, 0) is 58.8 Å². The van der Waals surface area contributed by atoms with Crippen molar-refractivity contribution < 1.29 is 59.0 Å². The number of ether oxygens (including phenoxy) is 2. The summed E-state index contributed by atoms with van der Waals surface area (Å²) in [5.41, 5.74) is 0.597. The van der Waals surface area contributed by atoms with Crippen LogP contribution >= 0.6 is 0 Å². The number of carbonyl (C=O) groups is 4. The summed E-state index contributed by atoms with van der Waals surface area (Å²) in [4.78, 5) is 77.7. The Balaban J connectivity index is 0.876. The summed E-state index contributed by atoms with van der Waals surface area (Å²) in [6.07, 6.45) is 12.1. The lowest BCUT2D eigenvalue weighted by atomic mass is 10.1. The first-order valence-electron chi connectivity index (χ1n) is 27.1. The molecule has 2 aromatic carbocycles. The quantitative estimate of drug-likeness (QED) is 0.0163. The molecule has 0 spiro atoms. The maximum absolute atomic E-state index is 13.7. The fourth-order valence-electron chi connectivity index (χ4n) is 8.52. The predicted octanol–water partition coefficient (Wildman–Crippen LogP) is 5.34. The average Bonchev–Trinajstić information content (AvgIpc) is 3.66. The molecule has 25 heteroatoms. The molecule has 6 aromatic rings. The summed E-state index contributed by atoms with van der Waals surface area (Å²) >= 11 is 0. The van der Waals surface area contributed by atoms with E-state index < -0.39 is 53.6 Å². The van der Waals surface area contributed by atoms with Gasteiger partial charge in [0.1, 0.15) is 38.4 Å². The minimum absolute atomic E-state index is 0.0124. The zero-order valence-electron chi connectivity index (χ0n) is 46.8. The number of nitrogens with one attached hydrogen (secondary N) is 3. The summed E-state index contributed by atoms with van der Waals surface area (Å²) in [6.45, 7) is 12.7. The zero-order chi connectivity index (χ0) is 59.5. The van der Waals surface area contributed by atoms with Crippen LogP contribution in [0.3, 0.4) is 0 Å². The number of fused-ring (bicyclic) bond motifs is 1. The highest BCUT2D eigenvalue weighted by molar-refractivity contribution is 7.90. The molecule has 0 aliphatic rings. The van der Waals surface area contributed by atoms with Gasteiger partial charge in [0.25, 0.3) is 27.4 Å². The zero-order valence-corrected chi connectivity index (χ0v) is 48.4. The van der Waals surface area contributed by atoms with E-state index >= 15 is 0 Å². The first-order valence-corrected chi connectivity index (χ1v) is 30.0. The molecule has 0 saturated carbocycles. The second kappa shape index (κ2) is 29.7. The Kier molecular flexibility index (Phi) is 23.0. The summed E-state index contributed by atoms with van der Waals surface area (Å²) in [6, 6.07) is 17.4. The molecular formula is C57H71N9O14S2. The second-order valence-electron chi connectivity index (χ2n) is 20.2. The molecule has 82 heavy (non-hydrogen) atoms. The number of hydrogen-bond donors (Lipinski definition) is 3. The van der Waals surface area contributed by atoms with Gasteiger partial charge >= 0.3 is 11.6 Å². The van der Waals surface area contributed by atoms with Gasteiger partial charge < -0.3 is 39.3 Å². The van der Waals surface area contributed by atoms with E-state index in [1.54, 1.807) is 49.8 Å². The molecule has 3 N–H and O–H groups in total. The van der Waals surface area contributed by atoms with Gasteiger partial charge in [0.15, 0.2) is 6.20 Å². The van der Waals surface area contributed by atoms with Crippen LogP contribution in [-0.4, -0.2) is 109 Å². The number of anilines is 1. The lowest BCUT2D eigenvalue weighted by Gasteiger charge is -2.20. The van der Waals surface area contributed by atoms with Gasteiger partial charge in [0.05, 0.1) is 48.5 Å². The molecule has 0 bridgehead atoms. The van der Waals surface area contributed by atoms with Crippen LogP contribution in [0.1, 0.15) is 130 Å². The molecule has 4 heterocycles. The summed E-state index contributed by atoms with van der Waals surface area (Å²) in [5, 5.41) is 17.1. The molecule has 0 atom stereocenters. The van der Waals surface area contributed by atoms with Gasteiger partial charge in [-0.2, -0.15) is 4.57 Å². The molecule has 0 aliphatic heterocycles. The Morgan fingerprint density at radius 3 is 2.27 bits per heavy atom. The van der Waals surface area contributed by atoms with Crippen molar-refractivity contribution in [3.8, 4) is 0 Å². The fourth-order valence-corrected chi connectivity index (χ4v) is 10.3. The van der Waals surface area contributed by atoms with E-state index in [-0.39, 0.29) is 60.6 Å². The van der Waals surface area contributed by atoms with Crippen LogP contribution in [0.4, 0.5) is 5.69 Å². The average molecular weight is 1170 g/mol. The number of aromatic nitrogens is 5. The van der Waals surface area contributed by atoms with Gasteiger partial charge in [-0.3, -0.25) is 24.0 Å². The highest BCUT2D eigenvalue weighted by Gasteiger charge is 2.23. The van der Waals surface area contributed by atoms with E-state index in [1.165, 1.54) is 47.3 Å². The second-order valence-corrected chi connectivity index (χ2v) is 23.4. The van der Waals surface area contributed by atoms with Crippen molar-refractivity contribution in [2.24, 2.45) is 0 Å². The van der Waals surface area contributed by atoms with Crippen LogP contribution in [0.5, 0.6) is 0 Å². The van der Waals surface area contributed by atoms with Crippen molar-refractivity contribution in [1.82, 2.24) is 34.9 Å². The Morgan fingerprint density at radius 1 is 0.768 bits per heavy atom. The number of amides is 3. The van der Waals surface area contributed by atoms with Crippen LogP contribution in [0, 0.1) is 0 Å². The van der Waals surface area contributed by atoms with E-state index in [1.807, 2.05) is 32.0 Å².